The predicted octanol–water partition coefficient (Wildman–Crippen LogP) is 18.7. The highest BCUT2D eigenvalue weighted by molar-refractivity contribution is 5.90. The molecule has 9 aromatic rings. The molecule has 0 saturated heterocycles. The van der Waals surface area contributed by atoms with Crippen LogP contribution in [0.5, 0.6) is 0 Å². The molecule has 0 aliphatic heterocycles. The lowest BCUT2D eigenvalue weighted by atomic mass is 9.79. The predicted molar refractivity (Wildman–Crippen MR) is 299 cm³/mol. The van der Waals surface area contributed by atoms with E-state index in [1.165, 1.54) is 106 Å². The molecule has 4 aliphatic rings. The Kier molecular flexibility index (Phi) is 9.75. The van der Waals surface area contributed by atoms with Gasteiger partial charge in [0.2, 0.25) is 0 Å². The molecule has 13 rings (SSSR count). The zero-order chi connectivity index (χ0) is 48.2. The Morgan fingerprint density at radius 2 is 0.718 bits per heavy atom. The number of benzene rings is 9. The molecule has 2 heteroatoms. The van der Waals surface area contributed by atoms with Crippen molar-refractivity contribution in [1.82, 2.24) is 0 Å². The van der Waals surface area contributed by atoms with Crippen molar-refractivity contribution in [3.05, 3.63) is 263 Å². The maximum absolute atomic E-state index is 2.51. The summed E-state index contributed by atoms with van der Waals surface area (Å²) in [5.41, 5.74) is 28.3. The van der Waals surface area contributed by atoms with E-state index in [4.69, 9.17) is 0 Å². The van der Waals surface area contributed by atoms with Crippen molar-refractivity contribution in [3.63, 3.8) is 0 Å². The first-order valence-corrected chi connectivity index (χ1v) is 25.5. The van der Waals surface area contributed by atoms with Gasteiger partial charge in [-0.25, -0.2) is 0 Å². The van der Waals surface area contributed by atoms with Crippen LogP contribution >= 0.6 is 0 Å². The Morgan fingerprint density at radius 3 is 1.32 bits per heavy atom. The van der Waals surface area contributed by atoms with Crippen molar-refractivity contribution >= 4 is 34.0 Å². The minimum Gasteiger partial charge on any atom is -0.314 e. The number of hydrogen-bond acceptors (Lipinski definition) is 2. The van der Waals surface area contributed by atoms with Gasteiger partial charge >= 0.3 is 0 Å². The van der Waals surface area contributed by atoms with E-state index in [-0.39, 0.29) is 16.2 Å². The second-order valence-electron chi connectivity index (χ2n) is 21.7. The Bertz CT molecular complexity index is 3680. The Morgan fingerprint density at radius 1 is 0.296 bits per heavy atom. The first kappa shape index (κ1) is 43.1. The fourth-order valence-corrected chi connectivity index (χ4v) is 12.8. The maximum Gasteiger partial charge on any atom is 0.0467 e. The summed E-state index contributed by atoms with van der Waals surface area (Å²) in [6, 6.07) is 79.3. The summed E-state index contributed by atoms with van der Waals surface area (Å²) in [4.78, 5) is 4.92. The van der Waals surface area contributed by atoms with Crippen molar-refractivity contribution in [2.45, 2.75) is 70.6 Å². The lowest BCUT2D eigenvalue weighted by Gasteiger charge is -2.33. The van der Waals surface area contributed by atoms with Crippen molar-refractivity contribution in [2.24, 2.45) is 0 Å². The highest BCUT2D eigenvalue weighted by Crippen LogP contribution is 2.55. The molecular formula is C69H58N2. The number of nitrogens with zero attached hydrogens (tertiary/aromatic N) is 2. The molecule has 0 bridgehead atoms. The van der Waals surface area contributed by atoms with Gasteiger partial charge in [0.15, 0.2) is 0 Å². The largest absolute Gasteiger partial charge is 0.314 e. The fraction of sp³-hybridized carbons (Fsp3) is 0.159. The van der Waals surface area contributed by atoms with Gasteiger partial charge in [0.05, 0.1) is 0 Å². The van der Waals surface area contributed by atoms with Crippen LogP contribution in [0.3, 0.4) is 0 Å². The average Bonchev–Trinajstić information content (AvgIpc) is 3.88. The molecule has 0 atom stereocenters. The van der Waals surface area contributed by atoms with E-state index >= 15 is 0 Å². The molecule has 9 aromatic carbocycles. The first-order valence-electron chi connectivity index (χ1n) is 25.5. The number of allylic oxidation sites excluding steroid dienone is 4. The van der Waals surface area contributed by atoms with E-state index in [1.807, 2.05) is 0 Å². The van der Waals surface area contributed by atoms with Crippen LogP contribution in [0.4, 0.5) is 28.4 Å². The molecule has 0 heterocycles. The molecule has 0 N–H and O–H groups in total. The molecule has 4 aliphatic carbocycles. The summed E-state index contributed by atoms with van der Waals surface area (Å²) < 4.78 is 0. The van der Waals surface area contributed by atoms with E-state index < -0.39 is 0 Å². The third kappa shape index (κ3) is 6.75. The van der Waals surface area contributed by atoms with E-state index in [1.54, 1.807) is 0 Å². The number of para-hydroxylation sites is 2. The molecular weight excluding hydrogens is 857 g/mol. The van der Waals surface area contributed by atoms with Gasteiger partial charge in [0, 0.05) is 50.4 Å². The molecule has 0 saturated carbocycles. The summed E-state index contributed by atoms with van der Waals surface area (Å²) in [7, 11) is 0. The van der Waals surface area contributed by atoms with Crippen LogP contribution in [0.1, 0.15) is 87.8 Å². The zero-order valence-corrected chi connectivity index (χ0v) is 41.6. The average molecular weight is 915 g/mol. The van der Waals surface area contributed by atoms with Gasteiger partial charge in [-0.3, -0.25) is 0 Å². The SMILES string of the molecule is CC1(C)C2=C(CCC(N(c3ccccc3)c3cccc(-c4ccc5c(c4)C(C)(C)c4cc(-c6cccc(N(c7ccccc7)c7ccc8c(c7)C(C)(C)c7ccccc7-8)c6)ccc4-5)c3)=C2)c2ccccc21. The molecule has 0 spiro atoms. The lowest BCUT2D eigenvalue weighted by Crippen LogP contribution is -2.22. The monoisotopic (exact) mass is 914 g/mol. The first-order chi connectivity index (χ1) is 34.5. The second kappa shape index (κ2) is 16.1. The van der Waals surface area contributed by atoms with Crippen LogP contribution in [0.25, 0.3) is 50.1 Å². The molecule has 344 valence electrons. The van der Waals surface area contributed by atoms with Crippen LogP contribution in [0.2, 0.25) is 0 Å². The van der Waals surface area contributed by atoms with Crippen LogP contribution in [0.15, 0.2) is 230 Å². The van der Waals surface area contributed by atoms with Gasteiger partial charge < -0.3 is 9.80 Å². The fourth-order valence-electron chi connectivity index (χ4n) is 12.8. The van der Waals surface area contributed by atoms with Crippen LogP contribution in [-0.2, 0) is 16.2 Å². The smallest absolute Gasteiger partial charge is 0.0467 e. The summed E-state index contributed by atoms with van der Waals surface area (Å²) in [5.74, 6) is 0. The second-order valence-corrected chi connectivity index (χ2v) is 21.7. The maximum atomic E-state index is 2.51. The van der Waals surface area contributed by atoms with Crippen LogP contribution < -0.4 is 9.80 Å². The van der Waals surface area contributed by atoms with Crippen LogP contribution in [0, 0.1) is 0 Å². The molecule has 0 aromatic heterocycles. The lowest BCUT2D eigenvalue weighted by molar-refractivity contribution is 0.648. The van der Waals surface area contributed by atoms with E-state index in [2.05, 4.69) is 270 Å². The highest BCUT2D eigenvalue weighted by Gasteiger charge is 2.40. The van der Waals surface area contributed by atoms with Crippen LogP contribution in [-0.4, -0.2) is 0 Å². The summed E-state index contributed by atoms with van der Waals surface area (Å²) in [6.45, 7) is 14.3. The van der Waals surface area contributed by atoms with Gasteiger partial charge in [-0.15, -0.1) is 0 Å². The molecule has 2 nitrogen and oxygen atoms in total. The number of hydrogen-bond donors (Lipinski definition) is 0. The van der Waals surface area contributed by atoms with Gasteiger partial charge in [0.1, 0.15) is 0 Å². The molecule has 71 heavy (non-hydrogen) atoms. The van der Waals surface area contributed by atoms with Crippen molar-refractivity contribution in [1.29, 1.82) is 0 Å². The summed E-state index contributed by atoms with van der Waals surface area (Å²) >= 11 is 0. The third-order valence-electron chi connectivity index (χ3n) is 16.6. The Labute approximate surface area is 419 Å². The minimum atomic E-state index is -0.198. The highest BCUT2D eigenvalue weighted by atomic mass is 15.2. The quantitative estimate of drug-likeness (QED) is 0.150. The Balaban J connectivity index is 0.832. The van der Waals surface area contributed by atoms with Gasteiger partial charge in [-0.2, -0.15) is 0 Å². The number of anilines is 5. The van der Waals surface area contributed by atoms with Gasteiger partial charge in [-0.05, 0) is 181 Å². The van der Waals surface area contributed by atoms with Crippen molar-refractivity contribution in [2.75, 3.05) is 9.80 Å². The van der Waals surface area contributed by atoms with E-state index in [0.29, 0.717) is 0 Å². The summed E-state index contributed by atoms with van der Waals surface area (Å²) in [6.07, 6.45) is 4.52. The zero-order valence-electron chi connectivity index (χ0n) is 41.6. The van der Waals surface area contributed by atoms with Gasteiger partial charge in [-0.1, -0.05) is 181 Å². The summed E-state index contributed by atoms with van der Waals surface area (Å²) in [5, 5.41) is 0. The van der Waals surface area contributed by atoms with Gasteiger partial charge in [0.25, 0.3) is 0 Å². The molecule has 0 fully saturated rings. The topological polar surface area (TPSA) is 6.48 Å². The number of fused-ring (bicyclic) bond motifs is 8. The molecule has 0 amide bonds. The third-order valence-corrected chi connectivity index (χ3v) is 16.6. The standard InChI is InChI=1S/C69H58N2/c1-67(2)61-29-15-13-27-55(61)59-37-33-53(43-65(59)67)70(49-21-9-7-10-22-49)51-25-17-19-45(39-51)47-31-35-57-58-36-32-48(42-64(58)69(5,6)63(57)41-47)46-20-18-26-52(40-46)71(50-23-11-8-12-24-50)54-34-38-60-56-28-14-16-30-62(56)68(3,4)66(60)44-54/h7-33,35-37,39-44H,34,38H2,1-6H3. The molecule has 0 unspecified atom stereocenters. The van der Waals surface area contributed by atoms with E-state index in [9.17, 15) is 0 Å². The molecule has 0 radical (unpaired) electrons. The number of rotatable bonds is 8. The minimum absolute atomic E-state index is 0.0417. The Hall–Kier alpha value is -7.94. The van der Waals surface area contributed by atoms with Crippen molar-refractivity contribution in [3.8, 4) is 44.5 Å². The van der Waals surface area contributed by atoms with Crippen molar-refractivity contribution < 1.29 is 0 Å². The van der Waals surface area contributed by atoms with E-state index in [0.717, 1.165) is 29.9 Å². The normalized spacial score (nSPS) is 16.0.